The molecule has 1 aliphatic rings. The van der Waals surface area contributed by atoms with Crippen molar-refractivity contribution in [2.45, 2.75) is 25.3 Å². The summed E-state index contributed by atoms with van der Waals surface area (Å²) in [4.78, 5) is 36.8. The fourth-order valence-electron chi connectivity index (χ4n) is 3.44. The first kappa shape index (κ1) is 19.4. The number of rotatable bonds is 5. The number of hydrogen-bond acceptors (Lipinski definition) is 6. The van der Waals surface area contributed by atoms with Gasteiger partial charge in [0.2, 0.25) is 0 Å². The lowest BCUT2D eigenvalue weighted by molar-refractivity contribution is -0.147. The summed E-state index contributed by atoms with van der Waals surface area (Å²) in [7, 11) is 2.73. The molecule has 0 saturated carbocycles. The van der Waals surface area contributed by atoms with Crippen LogP contribution >= 0.6 is 0 Å². The molecule has 1 aliphatic carbocycles. The Bertz CT molecular complexity index is 911. The van der Waals surface area contributed by atoms with Crippen LogP contribution in [0, 0.1) is 0 Å². The lowest BCUT2D eigenvalue weighted by Crippen LogP contribution is -2.56. The smallest absolute Gasteiger partial charge is 0.332 e. The summed E-state index contributed by atoms with van der Waals surface area (Å²) < 4.78 is 15.2. The lowest BCUT2D eigenvalue weighted by Gasteiger charge is -2.27. The van der Waals surface area contributed by atoms with Gasteiger partial charge in [-0.2, -0.15) is 0 Å². The Morgan fingerprint density at radius 2 is 1.61 bits per heavy atom. The van der Waals surface area contributed by atoms with Gasteiger partial charge in [0.15, 0.2) is 11.5 Å². The van der Waals surface area contributed by atoms with E-state index in [0.717, 1.165) is 11.1 Å². The highest BCUT2D eigenvalue weighted by Gasteiger charge is 2.46. The van der Waals surface area contributed by atoms with E-state index in [1.807, 2.05) is 24.3 Å². The zero-order chi connectivity index (χ0) is 20.3. The summed E-state index contributed by atoms with van der Waals surface area (Å²) in [5.74, 6) is -1.07. The maximum atomic E-state index is 12.9. The molecule has 1 N–H and O–H groups in total. The Morgan fingerprint density at radius 1 is 0.964 bits per heavy atom. The molecule has 0 radical (unpaired) electrons. The van der Waals surface area contributed by atoms with Crippen molar-refractivity contribution in [2.24, 2.45) is 0 Å². The largest absolute Gasteiger partial charge is 0.493 e. The third-order valence-corrected chi connectivity index (χ3v) is 4.71. The molecule has 1 amide bonds. The predicted molar refractivity (Wildman–Crippen MR) is 100 cm³/mol. The highest BCUT2D eigenvalue weighted by atomic mass is 16.6. The van der Waals surface area contributed by atoms with Crippen LogP contribution in [-0.4, -0.2) is 37.6 Å². The Kier molecular flexibility index (Phi) is 5.35. The first-order chi connectivity index (χ1) is 13.4. The SMILES string of the molecule is COC(=O)C1(NC(=O)c2ccc(OC)c(OC(C)=O)c2)Cc2ccccc2C1. The molecule has 28 heavy (non-hydrogen) atoms. The van der Waals surface area contributed by atoms with Gasteiger partial charge in [-0.3, -0.25) is 9.59 Å². The molecule has 0 spiro atoms. The summed E-state index contributed by atoms with van der Waals surface area (Å²) in [5.41, 5.74) is 1.03. The molecule has 0 fully saturated rings. The van der Waals surface area contributed by atoms with Gasteiger partial charge in [-0.1, -0.05) is 24.3 Å². The first-order valence-corrected chi connectivity index (χ1v) is 8.72. The predicted octanol–water partition coefficient (Wildman–Crippen LogP) is 2.06. The van der Waals surface area contributed by atoms with Crippen LogP contribution in [0.15, 0.2) is 42.5 Å². The van der Waals surface area contributed by atoms with Crippen LogP contribution < -0.4 is 14.8 Å². The molecule has 0 saturated heterocycles. The highest BCUT2D eigenvalue weighted by Crippen LogP contribution is 2.32. The maximum Gasteiger partial charge on any atom is 0.332 e. The standard InChI is InChI=1S/C21H21NO6/c1-13(23)28-18-10-14(8-9-17(18)26-2)19(24)22-21(20(25)27-3)11-15-6-4-5-7-16(15)12-21/h4-10H,11-12H2,1-3H3,(H,22,24). The molecule has 0 unspecified atom stereocenters. The van der Waals surface area contributed by atoms with Gasteiger partial charge in [-0.15, -0.1) is 0 Å². The van der Waals surface area contributed by atoms with Crippen LogP contribution in [0.4, 0.5) is 0 Å². The normalized spacial score (nSPS) is 14.0. The molecule has 0 aromatic heterocycles. The van der Waals surface area contributed by atoms with Crippen molar-refractivity contribution >= 4 is 17.8 Å². The number of amides is 1. The number of benzene rings is 2. The third-order valence-electron chi connectivity index (χ3n) is 4.71. The summed E-state index contributed by atoms with van der Waals surface area (Å²) in [6, 6.07) is 12.1. The molecular weight excluding hydrogens is 362 g/mol. The molecule has 2 aromatic rings. The van der Waals surface area contributed by atoms with E-state index in [1.54, 1.807) is 0 Å². The lowest BCUT2D eigenvalue weighted by atomic mass is 9.95. The fourth-order valence-corrected chi connectivity index (χ4v) is 3.44. The minimum absolute atomic E-state index is 0.129. The summed E-state index contributed by atoms with van der Waals surface area (Å²) >= 11 is 0. The van der Waals surface area contributed by atoms with Crippen molar-refractivity contribution < 1.29 is 28.6 Å². The van der Waals surface area contributed by atoms with Gasteiger partial charge in [-0.25, -0.2) is 4.79 Å². The first-order valence-electron chi connectivity index (χ1n) is 8.72. The van der Waals surface area contributed by atoms with Crippen molar-refractivity contribution in [1.29, 1.82) is 0 Å². The number of carbonyl (C=O) groups excluding carboxylic acids is 3. The Hall–Kier alpha value is -3.35. The minimum atomic E-state index is -1.18. The Labute approximate surface area is 162 Å². The minimum Gasteiger partial charge on any atom is -0.493 e. The molecule has 7 heteroatoms. The van der Waals surface area contributed by atoms with E-state index >= 15 is 0 Å². The van der Waals surface area contributed by atoms with Gasteiger partial charge in [0.1, 0.15) is 5.54 Å². The van der Waals surface area contributed by atoms with Crippen LogP contribution in [0.5, 0.6) is 11.5 Å². The molecule has 3 rings (SSSR count). The molecule has 7 nitrogen and oxygen atoms in total. The van der Waals surface area contributed by atoms with Gasteiger partial charge in [0.05, 0.1) is 14.2 Å². The molecule has 146 valence electrons. The summed E-state index contributed by atoms with van der Waals surface area (Å²) in [6.07, 6.45) is 0.684. The van der Waals surface area contributed by atoms with Crippen LogP contribution in [0.3, 0.4) is 0 Å². The molecule has 2 aromatic carbocycles. The topological polar surface area (TPSA) is 90.9 Å². The highest BCUT2D eigenvalue weighted by molar-refractivity contribution is 5.99. The van der Waals surface area contributed by atoms with E-state index in [0.29, 0.717) is 18.6 Å². The molecule has 0 heterocycles. The Balaban J connectivity index is 1.90. The van der Waals surface area contributed by atoms with E-state index in [2.05, 4.69) is 5.32 Å². The van der Waals surface area contributed by atoms with E-state index in [1.165, 1.54) is 39.3 Å². The number of hydrogen-bond donors (Lipinski definition) is 1. The van der Waals surface area contributed by atoms with Gasteiger partial charge in [0, 0.05) is 25.3 Å². The average molecular weight is 383 g/mol. The number of methoxy groups -OCH3 is 2. The number of nitrogens with one attached hydrogen (secondary N) is 1. The Morgan fingerprint density at radius 3 is 2.14 bits per heavy atom. The maximum absolute atomic E-state index is 12.9. The van der Waals surface area contributed by atoms with Gasteiger partial charge < -0.3 is 19.5 Å². The second-order valence-corrected chi connectivity index (χ2v) is 6.61. The summed E-state index contributed by atoms with van der Waals surface area (Å²) in [5, 5.41) is 2.83. The monoisotopic (exact) mass is 383 g/mol. The van der Waals surface area contributed by atoms with Gasteiger partial charge in [-0.05, 0) is 29.3 Å². The molecule has 0 atom stereocenters. The molecule has 0 aliphatic heterocycles. The van der Waals surface area contributed by atoms with Crippen molar-refractivity contribution in [3.05, 3.63) is 59.2 Å². The van der Waals surface area contributed by atoms with Crippen molar-refractivity contribution in [1.82, 2.24) is 5.32 Å². The fraction of sp³-hybridized carbons (Fsp3) is 0.286. The van der Waals surface area contributed by atoms with Crippen LogP contribution in [-0.2, 0) is 27.2 Å². The van der Waals surface area contributed by atoms with Crippen molar-refractivity contribution in [2.75, 3.05) is 14.2 Å². The molecular formula is C21H21NO6. The number of carbonyl (C=O) groups is 3. The number of esters is 2. The second-order valence-electron chi connectivity index (χ2n) is 6.61. The zero-order valence-electron chi connectivity index (χ0n) is 15.9. The van der Waals surface area contributed by atoms with Crippen LogP contribution in [0.1, 0.15) is 28.4 Å². The number of ether oxygens (including phenoxy) is 3. The third kappa shape index (κ3) is 3.69. The van der Waals surface area contributed by atoms with Crippen molar-refractivity contribution in [3.63, 3.8) is 0 Å². The van der Waals surface area contributed by atoms with Crippen LogP contribution in [0.25, 0.3) is 0 Å². The van der Waals surface area contributed by atoms with Gasteiger partial charge >= 0.3 is 11.9 Å². The van der Waals surface area contributed by atoms with E-state index in [9.17, 15) is 14.4 Å². The average Bonchev–Trinajstić information content (AvgIpc) is 3.06. The van der Waals surface area contributed by atoms with Crippen molar-refractivity contribution in [3.8, 4) is 11.5 Å². The van der Waals surface area contributed by atoms with E-state index in [4.69, 9.17) is 14.2 Å². The molecule has 0 bridgehead atoms. The van der Waals surface area contributed by atoms with E-state index < -0.39 is 23.4 Å². The van der Waals surface area contributed by atoms with Crippen LogP contribution in [0.2, 0.25) is 0 Å². The quantitative estimate of drug-likeness (QED) is 0.628. The van der Waals surface area contributed by atoms with E-state index in [-0.39, 0.29) is 11.3 Å². The zero-order valence-corrected chi connectivity index (χ0v) is 15.9. The number of fused-ring (bicyclic) bond motifs is 1. The summed E-state index contributed by atoms with van der Waals surface area (Å²) in [6.45, 7) is 1.26. The second kappa shape index (κ2) is 7.72. The van der Waals surface area contributed by atoms with Gasteiger partial charge in [0.25, 0.3) is 5.91 Å².